The molecule has 8 amide bonds. The van der Waals surface area contributed by atoms with Crippen molar-refractivity contribution in [2.45, 2.75) is 115 Å². The molecule has 4 aromatic rings. The molecule has 0 spiro atoms. The van der Waals surface area contributed by atoms with Crippen LogP contribution in [0.1, 0.15) is 103 Å². The van der Waals surface area contributed by atoms with Gasteiger partial charge in [0.25, 0.3) is 17.4 Å². The molecule has 7 N–H and O–H groups in total. The Hall–Kier alpha value is -8.18. The molecule has 0 radical (unpaired) electrons. The summed E-state index contributed by atoms with van der Waals surface area (Å²) in [5, 5.41) is 28.0. The van der Waals surface area contributed by atoms with Gasteiger partial charge in [0.1, 0.15) is 24.6 Å². The van der Waals surface area contributed by atoms with Crippen LogP contribution in [0.15, 0.2) is 59.4 Å². The van der Waals surface area contributed by atoms with E-state index in [4.69, 9.17) is 14.5 Å². The van der Waals surface area contributed by atoms with Gasteiger partial charge in [0.15, 0.2) is 5.60 Å². The van der Waals surface area contributed by atoms with E-state index in [-0.39, 0.29) is 86.9 Å². The minimum absolute atomic E-state index is 0.0141. The van der Waals surface area contributed by atoms with E-state index in [0.717, 1.165) is 23.3 Å². The quantitative estimate of drug-likeness (QED) is 0.0259. The number of unbranched alkanes of at least 4 members (excludes halogenated alkanes) is 2. The third-order valence-electron chi connectivity index (χ3n) is 15.2. The van der Waals surface area contributed by atoms with Gasteiger partial charge in [-0.05, 0) is 86.1 Å². The molecule has 79 heavy (non-hydrogen) atoms. The lowest BCUT2D eigenvalue weighted by atomic mass is 9.81. The number of ether oxygens (including phenoxy) is 2. The molecule has 5 aliphatic rings. The maximum atomic E-state index is 15.5. The summed E-state index contributed by atoms with van der Waals surface area (Å²) in [6, 6.07) is 10.0. The Bertz CT molecular complexity index is 3230. The van der Waals surface area contributed by atoms with Gasteiger partial charge in [-0.2, -0.15) is 0 Å². The number of carbonyl (C=O) groups is 9. The van der Waals surface area contributed by atoms with Crippen LogP contribution >= 0.6 is 0 Å². The second kappa shape index (κ2) is 23.8. The van der Waals surface area contributed by atoms with E-state index in [9.17, 15) is 53.1 Å². The van der Waals surface area contributed by atoms with Crippen LogP contribution in [-0.2, 0) is 84.2 Å². The van der Waals surface area contributed by atoms with Crippen molar-refractivity contribution >= 4 is 64.1 Å². The lowest BCUT2D eigenvalue weighted by Gasteiger charge is -2.31. The summed E-state index contributed by atoms with van der Waals surface area (Å²) in [6.07, 6.45) is 5.54. The molecule has 22 nitrogen and oxygen atoms in total. The zero-order chi connectivity index (χ0) is 56.1. The molecule has 1 fully saturated rings. The fourth-order valence-corrected chi connectivity index (χ4v) is 10.7. The van der Waals surface area contributed by atoms with Crippen molar-refractivity contribution in [1.82, 2.24) is 46.4 Å². The number of fused-ring (bicyclic) bond motifs is 5. The smallest absolute Gasteiger partial charge is 0.343 e. The highest BCUT2D eigenvalue weighted by Crippen LogP contribution is 2.46. The van der Waals surface area contributed by atoms with Gasteiger partial charge in [0, 0.05) is 60.7 Å². The normalized spacial score (nSPS) is 18.5. The summed E-state index contributed by atoms with van der Waals surface area (Å²) in [4.78, 5) is 135. The Morgan fingerprint density at radius 1 is 0.848 bits per heavy atom. The lowest BCUT2D eigenvalue weighted by Crippen LogP contribution is -2.52. The first-order valence-corrected chi connectivity index (χ1v) is 26.6. The number of aryl methyl sites for hydroxylation is 1. The molecule has 2 aliphatic carbocycles. The summed E-state index contributed by atoms with van der Waals surface area (Å²) in [7, 11) is 0. The first-order valence-electron chi connectivity index (χ1n) is 26.6. The van der Waals surface area contributed by atoms with E-state index in [2.05, 4.69) is 31.9 Å². The molecule has 23 heteroatoms. The molecule has 5 heterocycles. The van der Waals surface area contributed by atoms with Crippen molar-refractivity contribution in [3.63, 3.8) is 0 Å². The molecule has 0 bridgehead atoms. The van der Waals surface area contributed by atoms with Gasteiger partial charge in [-0.1, -0.05) is 43.7 Å². The van der Waals surface area contributed by atoms with Crippen molar-refractivity contribution in [3.05, 3.63) is 110 Å². The number of nitrogens with one attached hydrogen (secondary N) is 6. The minimum Gasteiger partial charge on any atom is -0.458 e. The average molecular weight is 1090 g/mol. The molecule has 1 saturated carbocycles. The van der Waals surface area contributed by atoms with Gasteiger partial charge in [-0.25, -0.2) is 14.2 Å². The predicted octanol–water partition coefficient (Wildman–Crippen LogP) is 1.10. The molecule has 0 unspecified atom stereocenters. The molecule has 4 atom stereocenters. The van der Waals surface area contributed by atoms with Crippen LogP contribution in [0.3, 0.4) is 0 Å². The molecule has 0 saturated heterocycles. The van der Waals surface area contributed by atoms with Crippen LogP contribution < -0.4 is 37.5 Å². The van der Waals surface area contributed by atoms with Gasteiger partial charge in [0.05, 0.1) is 61.3 Å². The number of cyclic esters (lactones) is 1. The van der Waals surface area contributed by atoms with E-state index in [1.54, 1.807) is 50.2 Å². The second-order valence-electron chi connectivity index (χ2n) is 20.4. The standard InChI is InChI=1S/C56H62FN9O13/c1-3-56(77)36-23-41-50-34(28-66(41)54(75)35(36)29-79-55(56)76)49-38(16-15-33-30(2)37(57)24-39(63-50)48(33)49)64-53(74)51(32-13-14-32)78-21-19-58-43(68)26-61-52(73)40(22-31-10-6-4-7-11-31)62-45(70)27-60-44(69)25-59-42(67)12-8-5-9-20-65-46(71)17-18-47(65)72/h4,6-7,10-11,17-18,23-24,32,38,40,51,77H,3,5,8-9,12-16,19-22,25-29H2,1-2H3,(H,58,68)(H,59,67)(H,60,69)(H,61,73)(H,62,70)(H,64,74)/t38-,40-,51-,56-/m0/s1. The maximum Gasteiger partial charge on any atom is 0.343 e. The zero-order valence-corrected chi connectivity index (χ0v) is 43.8. The van der Waals surface area contributed by atoms with Gasteiger partial charge in [-0.3, -0.25) is 48.1 Å². The highest BCUT2D eigenvalue weighted by molar-refractivity contribution is 6.12. The number of hydrogen-bond donors (Lipinski definition) is 7. The summed E-state index contributed by atoms with van der Waals surface area (Å²) in [5.41, 5.74) is 2.14. The molecule has 416 valence electrons. The Morgan fingerprint density at radius 3 is 2.29 bits per heavy atom. The van der Waals surface area contributed by atoms with E-state index >= 15 is 4.39 Å². The Morgan fingerprint density at radius 2 is 1.56 bits per heavy atom. The predicted molar refractivity (Wildman–Crippen MR) is 279 cm³/mol. The number of aromatic nitrogens is 2. The largest absolute Gasteiger partial charge is 0.458 e. The number of esters is 1. The Balaban J connectivity index is 0.759. The van der Waals surface area contributed by atoms with Crippen LogP contribution in [0.4, 0.5) is 4.39 Å². The number of rotatable bonds is 24. The lowest BCUT2D eigenvalue weighted by molar-refractivity contribution is -0.172. The number of halogens is 1. The molecule has 2 aromatic carbocycles. The maximum absolute atomic E-state index is 15.5. The number of benzene rings is 2. The molecular formula is C56H62FN9O13. The van der Waals surface area contributed by atoms with Crippen molar-refractivity contribution in [2.75, 3.05) is 39.3 Å². The number of pyridine rings is 2. The van der Waals surface area contributed by atoms with Crippen LogP contribution in [0.25, 0.3) is 22.3 Å². The van der Waals surface area contributed by atoms with Gasteiger partial charge >= 0.3 is 5.97 Å². The van der Waals surface area contributed by atoms with E-state index < -0.39 is 90.3 Å². The summed E-state index contributed by atoms with van der Waals surface area (Å²) >= 11 is 0. The third-order valence-corrected chi connectivity index (χ3v) is 15.2. The van der Waals surface area contributed by atoms with Crippen molar-refractivity contribution < 1.29 is 62.1 Å². The molecule has 9 rings (SSSR count). The van der Waals surface area contributed by atoms with Gasteiger partial charge < -0.3 is 51.0 Å². The van der Waals surface area contributed by atoms with Gasteiger partial charge in [-0.15, -0.1) is 0 Å². The van der Waals surface area contributed by atoms with E-state index in [0.29, 0.717) is 76.6 Å². The van der Waals surface area contributed by atoms with E-state index in [1.807, 2.05) is 0 Å². The van der Waals surface area contributed by atoms with Crippen LogP contribution in [0.5, 0.6) is 0 Å². The first kappa shape index (κ1) is 55.6. The Labute approximate surface area is 452 Å². The van der Waals surface area contributed by atoms with Crippen LogP contribution in [-0.4, -0.2) is 124 Å². The molecule has 3 aliphatic heterocycles. The van der Waals surface area contributed by atoms with Crippen molar-refractivity contribution in [2.24, 2.45) is 5.92 Å². The number of carbonyl (C=O) groups excluding carboxylic acids is 9. The zero-order valence-electron chi connectivity index (χ0n) is 43.8. The second-order valence-corrected chi connectivity index (χ2v) is 20.4. The van der Waals surface area contributed by atoms with Gasteiger partial charge in [0.2, 0.25) is 35.4 Å². The fraction of sp³-hybridized carbons (Fsp3) is 0.446. The number of nitrogens with zero attached hydrogens (tertiary/aromatic N) is 3. The van der Waals surface area contributed by atoms with E-state index in [1.165, 1.54) is 22.8 Å². The fourth-order valence-electron chi connectivity index (χ4n) is 10.7. The number of imide groups is 1. The molecule has 2 aromatic heterocycles. The average Bonchev–Trinajstić information content (AvgIpc) is 3.37. The van der Waals surface area contributed by atoms with Crippen molar-refractivity contribution in [3.8, 4) is 11.4 Å². The highest BCUT2D eigenvalue weighted by Gasteiger charge is 2.46. The Kier molecular flexibility index (Phi) is 16.8. The topological polar surface area (TPSA) is 303 Å². The van der Waals surface area contributed by atoms with Crippen LogP contribution in [0, 0.1) is 18.7 Å². The number of amides is 8. The molecular weight excluding hydrogens is 1030 g/mol. The summed E-state index contributed by atoms with van der Waals surface area (Å²) < 4.78 is 28.4. The number of hydrogen-bond acceptors (Lipinski definition) is 14. The first-order chi connectivity index (χ1) is 37.9. The van der Waals surface area contributed by atoms with Crippen LogP contribution in [0.2, 0.25) is 0 Å². The monoisotopic (exact) mass is 1090 g/mol. The number of aliphatic hydroxyl groups is 1. The highest BCUT2D eigenvalue weighted by atomic mass is 19.1. The summed E-state index contributed by atoms with van der Waals surface area (Å²) in [6.45, 7) is 1.90. The minimum atomic E-state index is -2.05. The SMILES string of the molecule is CC[C@@]1(O)C(=O)OCc2c1cc1n(c2=O)Cc2c-1nc1cc(F)c(C)c3c1c2[C@@H](NC(=O)[C@@H](OCCNC(=O)CNC(=O)[C@H](Cc1ccccc1)NC(=O)CNC(=O)CNC(=O)CCCCCN1C(=O)C=CC1=O)C1CC1)CC3. The third kappa shape index (κ3) is 12.1. The van der Waals surface area contributed by atoms with Crippen molar-refractivity contribution in [1.29, 1.82) is 0 Å². The summed E-state index contributed by atoms with van der Waals surface area (Å²) in [5.74, 6) is -5.50.